The Balaban J connectivity index is 1.97. The molecule has 2 heterocycles. The van der Waals surface area contributed by atoms with Gasteiger partial charge in [-0.25, -0.2) is 0 Å². The van der Waals surface area contributed by atoms with Crippen molar-refractivity contribution in [1.29, 1.82) is 0 Å². The summed E-state index contributed by atoms with van der Waals surface area (Å²) in [7, 11) is 0. The van der Waals surface area contributed by atoms with Gasteiger partial charge in [0.15, 0.2) is 0 Å². The number of nitro groups is 1. The van der Waals surface area contributed by atoms with Crippen molar-refractivity contribution in [3.8, 4) is 10.8 Å². The maximum absolute atomic E-state index is 12.9. The van der Waals surface area contributed by atoms with Gasteiger partial charge in [-0.1, -0.05) is 17.7 Å². The van der Waals surface area contributed by atoms with Crippen LogP contribution in [-0.2, 0) is 6.18 Å². The van der Waals surface area contributed by atoms with Crippen molar-refractivity contribution in [2.45, 2.75) is 16.3 Å². The van der Waals surface area contributed by atoms with E-state index in [2.05, 4.69) is 10.2 Å². The molecule has 0 unspecified atom stereocenters. The highest BCUT2D eigenvalue weighted by molar-refractivity contribution is 7.99. The third kappa shape index (κ3) is 3.78. The minimum absolute atomic E-state index is 0.0534. The fourth-order valence-electron chi connectivity index (χ4n) is 1.83. The molecule has 3 rings (SSSR count). The Morgan fingerprint density at radius 2 is 2.08 bits per heavy atom. The molecule has 0 bridgehead atoms. The summed E-state index contributed by atoms with van der Waals surface area (Å²) >= 11 is 7.64. The number of hydrogen-bond donors (Lipinski definition) is 0. The molecule has 0 aliphatic carbocycles. The number of benzene rings is 1. The van der Waals surface area contributed by atoms with Crippen molar-refractivity contribution >= 4 is 40.4 Å². The minimum atomic E-state index is -4.80. The Morgan fingerprint density at radius 1 is 1.32 bits per heavy atom. The average molecular weight is 408 g/mol. The molecule has 0 saturated heterocycles. The Labute approximate surface area is 150 Å². The maximum atomic E-state index is 12.9. The van der Waals surface area contributed by atoms with Crippen LogP contribution < -0.4 is 0 Å². The summed E-state index contributed by atoms with van der Waals surface area (Å²) in [5.74, 6) is 0.207. The summed E-state index contributed by atoms with van der Waals surface area (Å²) < 4.78 is 43.9. The molecule has 3 aromatic rings. The Bertz CT molecular complexity index is 928. The highest BCUT2D eigenvalue weighted by Crippen LogP contribution is 2.43. The number of thiophene rings is 1. The molecule has 1 aromatic carbocycles. The lowest BCUT2D eigenvalue weighted by Crippen LogP contribution is -2.07. The molecule has 6 nitrogen and oxygen atoms in total. The van der Waals surface area contributed by atoms with Crippen molar-refractivity contribution in [3.63, 3.8) is 0 Å². The fourth-order valence-corrected chi connectivity index (χ4v) is 3.62. The molecule has 0 amide bonds. The summed E-state index contributed by atoms with van der Waals surface area (Å²) in [4.78, 5) is 10.7. The van der Waals surface area contributed by atoms with Gasteiger partial charge in [0.1, 0.15) is 0 Å². The zero-order valence-electron chi connectivity index (χ0n) is 11.8. The zero-order chi connectivity index (χ0) is 18.2. The second-order valence-corrected chi connectivity index (χ2v) is 6.86. The molecule has 0 atom stereocenters. The van der Waals surface area contributed by atoms with Gasteiger partial charge < -0.3 is 4.42 Å². The van der Waals surface area contributed by atoms with Crippen LogP contribution in [0.5, 0.6) is 0 Å². The van der Waals surface area contributed by atoms with Gasteiger partial charge in [0.05, 0.1) is 25.3 Å². The third-order valence-corrected chi connectivity index (χ3v) is 4.94. The predicted octanol–water partition coefficient (Wildman–Crippen LogP) is 5.53. The molecule has 130 valence electrons. The summed E-state index contributed by atoms with van der Waals surface area (Å²) in [6.07, 6.45) is -4.80. The van der Waals surface area contributed by atoms with E-state index < -0.39 is 27.4 Å². The fraction of sp³-hybridized carbons (Fsp3) is 0.0769. The number of alkyl halides is 3. The highest BCUT2D eigenvalue weighted by atomic mass is 35.5. The summed E-state index contributed by atoms with van der Waals surface area (Å²) in [5, 5.41) is 19.7. The van der Waals surface area contributed by atoms with Gasteiger partial charge >= 0.3 is 6.18 Å². The van der Waals surface area contributed by atoms with Crippen molar-refractivity contribution in [1.82, 2.24) is 10.2 Å². The molecule has 25 heavy (non-hydrogen) atoms. The molecule has 0 aliphatic heterocycles. The van der Waals surface area contributed by atoms with Gasteiger partial charge in [0.25, 0.3) is 16.8 Å². The van der Waals surface area contributed by atoms with Crippen LogP contribution in [0.25, 0.3) is 10.8 Å². The van der Waals surface area contributed by atoms with E-state index in [0.29, 0.717) is 22.7 Å². The first kappa shape index (κ1) is 17.7. The van der Waals surface area contributed by atoms with Crippen molar-refractivity contribution in [2.75, 3.05) is 0 Å². The maximum Gasteiger partial charge on any atom is 0.418 e. The lowest BCUT2D eigenvalue weighted by Gasteiger charge is -2.10. The van der Waals surface area contributed by atoms with E-state index in [0.717, 1.165) is 6.07 Å². The Hall–Kier alpha value is -2.11. The van der Waals surface area contributed by atoms with Gasteiger partial charge in [-0.15, -0.1) is 21.5 Å². The number of rotatable bonds is 4. The molecule has 12 heteroatoms. The summed E-state index contributed by atoms with van der Waals surface area (Å²) in [6.45, 7) is 0. The molecule has 0 saturated carbocycles. The van der Waals surface area contributed by atoms with E-state index in [-0.39, 0.29) is 16.0 Å². The van der Waals surface area contributed by atoms with Crippen LogP contribution in [0.2, 0.25) is 5.02 Å². The Kier molecular flexibility index (Phi) is 4.71. The normalized spacial score (nSPS) is 11.7. The van der Waals surface area contributed by atoms with Crippen LogP contribution in [0.3, 0.4) is 0 Å². The van der Waals surface area contributed by atoms with Crippen LogP contribution in [0.4, 0.5) is 18.9 Å². The topological polar surface area (TPSA) is 82.1 Å². The van der Waals surface area contributed by atoms with Crippen molar-refractivity contribution in [2.24, 2.45) is 0 Å². The quantitative estimate of drug-likeness (QED) is 0.417. The molecule has 0 radical (unpaired) electrons. The third-order valence-electron chi connectivity index (χ3n) is 2.89. The average Bonchev–Trinajstić information content (AvgIpc) is 3.16. The predicted molar refractivity (Wildman–Crippen MR) is 84.8 cm³/mol. The van der Waals surface area contributed by atoms with Gasteiger partial charge in [-0.05, 0) is 29.3 Å². The van der Waals surface area contributed by atoms with Gasteiger partial charge in [-0.2, -0.15) is 13.2 Å². The van der Waals surface area contributed by atoms with E-state index in [1.54, 1.807) is 17.5 Å². The van der Waals surface area contributed by atoms with Gasteiger partial charge in [0, 0.05) is 6.07 Å². The number of halogens is 4. The smallest absolute Gasteiger partial charge is 0.410 e. The number of hydrogen-bond acceptors (Lipinski definition) is 7. The second kappa shape index (κ2) is 6.65. The molecular weight excluding hydrogens is 403 g/mol. The monoisotopic (exact) mass is 407 g/mol. The number of aromatic nitrogens is 2. The lowest BCUT2D eigenvalue weighted by molar-refractivity contribution is -0.388. The first-order valence-corrected chi connectivity index (χ1v) is 8.43. The van der Waals surface area contributed by atoms with Crippen molar-refractivity contribution < 1.29 is 22.5 Å². The molecule has 2 aromatic heterocycles. The van der Waals surface area contributed by atoms with Crippen LogP contribution in [0, 0.1) is 10.1 Å². The minimum Gasteiger partial charge on any atom is -0.410 e. The summed E-state index contributed by atoms with van der Waals surface area (Å²) in [6, 6.07) is 4.77. The largest absolute Gasteiger partial charge is 0.418 e. The highest BCUT2D eigenvalue weighted by Gasteiger charge is 2.36. The van der Waals surface area contributed by atoms with Crippen LogP contribution >= 0.6 is 34.7 Å². The molecule has 0 fully saturated rings. The van der Waals surface area contributed by atoms with E-state index in [1.165, 1.54) is 11.3 Å². The lowest BCUT2D eigenvalue weighted by atomic mass is 10.2. The second-order valence-electron chi connectivity index (χ2n) is 4.51. The van der Waals surface area contributed by atoms with Gasteiger partial charge in [0.2, 0.25) is 0 Å². The molecular formula is C13H5ClF3N3O3S2. The number of nitrogens with zero attached hydrogens (tertiary/aromatic N) is 3. The van der Waals surface area contributed by atoms with E-state index in [4.69, 9.17) is 16.0 Å². The Morgan fingerprint density at radius 3 is 2.68 bits per heavy atom. The molecule has 0 spiro atoms. The van der Waals surface area contributed by atoms with Crippen LogP contribution in [0.1, 0.15) is 5.56 Å². The zero-order valence-corrected chi connectivity index (χ0v) is 14.2. The van der Waals surface area contributed by atoms with Crippen LogP contribution in [-0.4, -0.2) is 15.1 Å². The SMILES string of the molecule is O=[N+]([O-])c1cc(C(F)(F)F)c(Cl)cc1Sc1nnc(-c2cccs2)o1. The van der Waals surface area contributed by atoms with Crippen LogP contribution in [0.15, 0.2) is 44.2 Å². The van der Waals surface area contributed by atoms with E-state index in [9.17, 15) is 23.3 Å². The van der Waals surface area contributed by atoms with Gasteiger partial charge in [-0.3, -0.25) is 10.1 Å². The summed E-state index contributed by atoms with van der Waals surface area (Å²) in [5.41, 5.74) is -2.03. The van der Waals surface area contributed by atoms with Crippen molar-refractivity contribution in [3.05, 3.63) is 50.3 Å². The first-order valence-electron chi connectivity index (χ1n) is 6.36. The molecule has 0 N–H and O–H groups in total. The standard InChI is InChI=1S/C13H5ClF3N3O3S2/c14-7-5-10(8(20(21)22)4-6(7)13(15,16)17)25-12-19-18-11(23-12)9-2-1-3-24-9/h1-5H. The number of nitro benzene ring substituents is 1. The molecule has 0 aliphatic rings. The van der Waals surface area contributed by atoms with E-state index >= 15 is 0 Å². The first-order chi connectivity index (χ1) is 11.8. The van der Waals surface area contributed by atoms with E-state index in [1.807, 2.05) is 0 Å².